The highest BCUT2D eigenvalue weighted by molar-refractivity contribution is 5.41. The Balaban J connectivity index is 2.16. The van der Waals surface area contributed by atoms with E-state index >= 15 is 0 Å². The number of nitrogens with zero attached hydrogens (tertiary/aromatic N) is 2. The van der Waals surface area contributed by atoms with E-state index in [1.54, 1.807) is 13.2 Å². The SMILES string of the molecule is CCCCc1ncc(Cc2ccc(OC)cc2O)n1C. The Morgan fingerprint density at radius 1 is 1.35 bits per heavy atom. The second-order valence-corrected chi connectivity index (χ2v) is 5.00. The largest absolute Gasteiger partial charge is 0.508 e. The Morgan fingerprint density at radius 3 is 2.80 bits per heavy atom. The number of ether oxygens (including phenoxy) is 1. The van der Waals surface area contributed by atoms with E-state index in [0.717, 1.165) is 29.9 Å². The summed E-state index contributed by atoms with van der Waals surface area (Å²) in [6.45, 7) is 2.18. The molecule has 2 rings (SSSR count). The molecule has 0 atom stereocenters. The van der Waals surface area contributed by atoms with Gasteiger partial charge in [0.05, 0.1) is 7.11 Å². The third kappa shape index (κ3) is 3.13. The molecule has 4 nitrogen and oxygen atoms in total. The van der Waals surface area contributed by atoms with Crippen molar-refractivity contribution >= 4 is 0 Å². The number of hydrogen-bond acceptors (Lipinski definition) is 3. The summed E-state index contributed by atoms with van der Waals surface area (Å²) in [7, 11) is 3.63. The molecule has 0 radical (unpaired) electrons. The molecule has 20 heavy (non-hydrogen) atoms. The van der Waals surface area contributed by atoms with Crippen LogP contribution in [0.3, 0.4) is 0 Å². The number of hydrogen-bond donors (Lipinski definition) is 1. The van der Waals surface area contributed by atoms with Gasteiger partial charge < -0.3 is 14.4 Å². The van der Waals surface area contributed by atoms with Gasteiger partial charge in [-0.25, -0.2) is 4.98 Å². The lowest BCUT2D eigenvalue weighted by atomic mass is 10.1. The van der Waals surface area contributed by atoms with Gasteiger partial charge in [0.15, 0.2) is 0 Å². The standard InChI is InChI=1S/C16H22N2O2/c1-4-5-6-16-17-11-13(18(16)2)9-12-7-8-14(20-3)10-15(12)19/h7-8,10-11,19H,4-6,9H2,1-3H3. The van der Waals surface area contributed by atoms with Crippen LogP contribution < -0.4 is 4.74 Å². The van der Waals surface area contributed by atoms with Gasteiger partial charge in [-0.3, -0.25) is 0 Å². The van der Waals surface area contributed by atoms with Gasteiger partial charge in [-0.05, 0) is 12.5 Å². The van der Waals surface area contributed by atoms with E-state index < -0.39 is 0 Å². The van der Waals surface area contributed by atoms with Crippen molar-refractivity contribution in [1.82, 2.24) is 9.55 Å². The highest BCUT2D eigenvalue weighted by Gasteiger charge is 2.10. The normalized spacial score (nSPS) is 10.8. The number of phenols is 1. The molecule has 0 aliphatic rings. The number of imidazole rings is 1. The van der Waals surface area contributed by atoms with E-state index in [2.05, 4.69) is 16.5 Å². The Kier molecular flexibility index (Phi) is 4.66. The number of aromatic nitrogens is 2. The van der Waals surface area contributed by atoms with Gasteiger partial charge in [0.1, 0.15) is 17.3 Å². The summed E-state index contributed by atoms with van der Waals surface area (Å²) in [5.41, 5.74) is 1.99. The van der Waals surface area contributed by atoms with E-state index in [9.17, 15) is 5.11 Å². The summed E-state index contributed by atoms with van der Waals surface area (Å²) in [5.74, 6) is 2.04. The third-order valence-corrected chi connectivity index (χ3v) is 3.60. The number of phenolic OH excluding ortho intramolecular Hbond substituents is 1. The summed E-state index contributed by atoms with van der Waals surface area (Å²) in [5, 5.41) is 10.0. The molecule has 0 aliphatic heterocycles. The van der Waals surface area contributed by atoms with Crippen molar-refractivity contribution in [3.63, 3.8) is 0 Å². The quantitative estimate of drug-likeness (QED) is 0.880. The van der Waals surface area contributed by atoms with Crippen LogP contribution in [0.1, 0.15) is 36.8 Å². The van der Waals surface area contributed by atoms with Crippen LogP contribution in [0.15, 0.2) is 24.4 Å². The fraction of sp³-hybridized carbons (Fsp3) is 0.438. The van der Waals surface area contributed by atoms with Crippen LogP contribution >= 0.6 is 0 Å². The van der Waals surface area contributed by atoms with E-state index in [4.69, 9.17) is 4.74 Å². The predicted octanol–water partition coefficient (Wildman–Crippen LogP) is 3.07. The van der Waals surface area contributed by atoms with Gasteiger partial charge in [-0.2, -0.15) is 0 Å². The zero-order valence-electron chi connectivity index (χ0n) is 12.4. The maximum atomic E-state index is 10.0. The van der Waals surface area contributed by atoms with Crippen LogP contribution in [0.4, 0.5) is 0 Å². The maximum Gasteiger partial charge on any atom is 0.122 e. The topological polar surface area (TPSA) is 47.3 Å². The lowest BCUT2D eigenvalue weighted by molar-refractivity contribution is 0.406. The van der Waals surface area contributed by atoms with Crippen LogP contribution in [-0.2, 0) is 19.9 Å². The molecule has 0 unspecified atom stereocenters. The number of benzene rings is 1. The van der Waals surface area contributed by atoms with Gasteiger partial charge in [0.2, 0.25) is 0 Å². The Labute approximate surface area is 120 Å². The molecule has 1 aromatic heterocycles. The predicted molar refractivity (Wildman–Crippen MR) is 79.3 cm³/mol. The molecule has 1 aromatic carbocycles. The molecule has 2 aromatic rings. The molecule has 1 heterocycles. The monoisotopic (exact) mass is 274 g/mol. The van der Waals surface area contributed by atoms with Crippen molar-refractivity contribution in [3.8, 4) is 11.5 Å². The summed E-state index contributed by atoms with van der Waals surface area (Å²) >= 11 is 0. The zero-order valence-corrected chi connectivity index (χ0v) is 12.4. The minimum Gasteiger partial charge on any atom is -0.508 e. The summed E-state index contributed by atoms with van der Waals surface area (Å²) in [6, 6.07) is 5.40. The van der Waals surface area contributed by atoms with Crippen LogP contribution in [0.5, 0.6) is 11.5 Å². The number of rotatable bonds is 6. The first-order chi connectivity index (χ1) is 9.65. The summed E-state index contributed by atoms with van der Waals surface area (Å²) in [6.07, 6.45) is 5.89. The maximum absolute atomic E-state index is 10.0. The second-order valence-electron chi connectivity index (χ2n) is 5.00. The average Bonchev–Trinajstić information content (AvgIpc) is 2.79. The van der Waals surface area contributed by atoms with Crippen LogP contribution in [0, 0.1) is 0 Å². The van der Waals surface area contributed by atoms with Gasteiger partial charge in [0.25, 0.3) is 0 Å². The summed E-state index contributed by atoms with van der Waals surface area (Å²) < 4.78 is 7.22. The number of methoxy groups -OCH3 is 1. The first kappa shape index (κ1) is 14.4. The Hall–Kier alpha value is -1.97. The van der Waals surface area contributed by atoms with Gasteiger partial charge in [-0.1, -0.05) is 19.4 Å². The number of aryl methyl sites for hydroxylation is 1. The van der Waals surface area contributed by atoms with Crippen molar-refractivity contribution in [3.05, 3.63) is 41.5 Å². The fourth-order valence-corrected chi connectivity index (χ4v) is 2.23. The highest BCUT2D eigenvalue weighted by Crippen LogP contribution is 2.25. The summed E-state index contributed by atoms with van der Waals surface area (Å²) in [4.78, 5) is 4.47. The molecule has 0 aliphatic carbocycles. The molecule has 0 saturated carbocycles. The van der Waals surface area contributed by atoms with Gasteiger partial charge >= 0.3 is 0 Å². The second kappa shape index (κ2) is 6.46. The van der Waals surface area contributed by atoms with Crippen molar-refractivity contribution in [2.24, 2.45) is 7.05 Å². The lowest BCUT2D eigenvalue weighted by Crippen LogP contribution is -2.03. The van der Waals surface area contributed by atoms with E-state index in [1.807, 2.05) is 25.4 Å². The molecule has 4 heteroatoms. The molecule has 0 bridgehead atoms. The Morgan fingerprint density at radius 2 is 2.15 bits per heavy atom. The van der Waals surface area contributed by atoms with E-state index in [0.29, 0.717) is 12.2 Å². The molecule has 0 fully saturated rings. The molecule has 108 valence electrons. The lowest BCUT2D eigenvalue weighted by Gasteiger charge is -2.08. The van der Waals surface area contributed by atoms with Crippen molar-refractivity contribution < 1.29 is 9.84 Å². The van der Waals surface area contributed by atoms with Gasteiger partial charge in [-0.15, -0.1) is 0 Å². The molecule has 0 spiro atoms. The van der Waals surface area contributed by atoms with Gasteiger partial charge in [0, 0.05) is 43.4 Å². The molecular weight excluding hydrogens is 252 g/mol. The first-order valence-electron chi connectivity index (χ1n) is 7.01. The van der Waals surface area contributed by atoms with Crippen LogP contribution in [0.2, 0.25) is 0 Å². The average molecular weight is 274 g/mol. The minimum atomic E-state index is 0.264. The molecule has 0 saturated heterocycles. The van der Waals surface area contributed by atoms with E-state index in [1.165, 1.54) is 6.42 Å². The third-order valence-electron chi connectivity index (χ3n) is 3.60. The van der Waals surface area contributed by atoms with E-state index in [-0.39, 0.29) is 5.75 Å². The molecule has 0 amide bonds. The minimum absolute atomic E-state index is 0.264. The highest BCUT2D eigenvalue weighted by atomic mass is 16.5. The number of unbranched alkanes of at least 4 members (excludes halogenated alkanes) is 1. The fourth-order valence-electron chi connectivity index (χ4n) is 2.23. The van der Waals surface area contributed by atoms with Crippen LogP contribution in [-0.4, -0.2) is 21.8 Å². The molecule has 1 N–H and O–H groups in total. The Bertz CT molecular complexity index is 576. The number of aromatic hydroxyl groups is 1. The molecular formula is C16H22N2O2. The van der Waals surface area contributed by atoms with Crippen LogP contribution in [0.25, 0.3) is 0 Å². The zero-order chi connectivity index (χ0) is 14.5. The van der Waals surface area contributed by atoms with Crippen molar-refractivity contribution in [2.75, 3.05) is 7.11 Å². The van der Waals surface area contributed by atoms with Crippen molar-refractivity contribution in [2.45, 2.75) is 32.6 Å². The smallest absolute Gasteiger partial charge is 0.122 e. The first-order valence-corrected chi connectivity index (χ1v) is 7.01. The van der Waals surface area contributed by atoms with Crippen molar-refractivity contribution in [1.29, 1.82) is 0 Å².